The number of fused-ring (bicyclic) bond motifs is 1. The number of hydrogen-bond acceptors (Lipinski definition) is 4. The Labute approximate surface area is 180 Å². The zero-order valence-corrected chi connectivity index (χ0v) is 17.9. The first-order valence-electron chi connectivity index (χ1n) is 10.0. The highest BCUT2D eigenvalue weighted by Crippen LogP contribution is 2.39. The molecule has 0 saturated heterocycles. The van der Waals surface area contributed by atoms with Crippen molar-refractivity contribution in [3.63, 3.8) is 0 Å². The van der Waals surface area contributed by atoms with Crippen LogP contribution < -0.4 is 15.4 Å². The van der Waals surface area contributed by atoms with Crippen molar-refractivity contribution in [1.29, 1.82) is 0 Å². The summed E-state index contributed by atoms with van der Waals surface area (Å²) < 4.78 is 5.25. The summed E-state index contributed by atoms with van der Waals surface area (Å²) >= 11 is 1.52. The first-order valence-corrected chi connectivity index (χ1v) is 10.9. The monoisotopic (exact) mass is 420 g/mol. The molecule has 0 fully saturated rings. The van der Waals surface area contributed by atoms with Gasteiger partial charge in [-0.3, -0.25) is 9.59 Å². The minimum absolute atomic E-state index is 0.192. The van der Waals surface area contributed by atoms with Gasteiger partial charge in [-0.05, 0) is 61.9 Å². The largest absolute Gasteiger partial charge is 0.497 e. The van der Waals surface area contributed by atoms with Gasteiger partial charge in [0.25, 0.3) is 11.8 Å². The number of anilines is 2. The Morgan fingerprint density at radius 1 is 0.967 bits per heavy atom. The maximum absolute atomic E-state index is 13.3. The summed E-state index contributed by atoms with van der Waals surface area (Å²) in [6.07, 6.45) is 3.95. The molecule has 3 aromatic rings. The van der Waals surface area contributed by atoms with Crippen molar-refractivity contribution in [3.05, 3.63) is 75.7 Å². The fourth-order valence-corrected chi connectivity index (χ4v) is 5.07. The molecule has 0 aliphatic heterocycles. The lowest BCUT2D eigenvalue weighted by molar-refractivity contribution is 0.102. The summed E-state index contributed by atoms with van der Waals surface area (Å²) in [5.74, 6) is 0.276. The summed E-state index contributed by atoms with van der Waals surface area (Å²) in [6, 6.07) is 14.7. The van der Waals surface area contributed by atoms with Gasteiger partial charge in [0, 0.05) is 22.2 Å². The topological polar surface area (TPSA) is 67.4 Å². The predicted octanol–water partition coefficient (Wildman–Crippen LogP) is 5.45. The molecule has 0 bridgehead atoms. The molecule has 0 atom stereocenters. The molecule has 1 aliphatic rings. The van der Waals surface area contributed by atoms with Crippen molar-refractivity contribution in [2.24, 2.45) is 0 Å². The molecule has 5 nitrogen and oxygen atoms in total. The molecule has 0 saturated carbocycles. The van der Waals surface area contributed by atoms with Crippen LogP contribution in [0.3, 0.4) is 0 Å². The second-order valence-corrected chi connectivity index (χ2v) is 8.48. The van der Waals surface area contributed by atoms with Crippen molar-refractivity contribution in [3.8, 4) is 5.75 Å². The molecule has 30 heavy (non-hydrogen) atoms. The van der Waals surface area contributed by atoms with Crippen LogP contribution in [0, 0.1) is 6.92 Å². The number of carbonyl (C=O) groups excluding carboxylic acids is 2. The van der Waals surface area contributed by atoms with E-state index >= 15 is 0 Å². The lowest BCUT2D eigenvalue weighted by Gasteiger charge is -2.14. The number of carbonyl (C=O) groups is 2. The Kier molecular flexibility index (Phi) is 5.86. The molecule has 0 spiro atoms. The van der Waals surface area contributed by atoms with Crippen LogP contribution in [0.25, 0.3) is 0 Å². The average Bonchev–Trinajstić information content (AvgIpc) is 3.12. The van der Waals surface area contributed by atoms with Crippen molar-refractivity contribution >= 4 is 33.8 Å². The summed E-state index contributed by atoms with van der Waals surface area (Å²) in [4.78, 5) is 27.4. The van der Waals surface area contributed by atoms with Crippen molar-refractivity contribution in [1.82, 2.24) is 0 Å². The van der Waals surface area contributed by atoms with Gasteiger partial charge in [0.2, 0.25) is 0 Å². The fourth-order valence-electron chi connectivity index (χ4n) is 3.79. The SMILES string of the molecule is COc1cccc(NC(=O)c2c(NC(=O)c3ccccc3C)sc3c2CCCC3)c1. The summed E-state index contributed by atoms with van der Waals surface area (Å²) in [7, 11) is 1.59. The highest BCUT2D eigenvalue weighted by atomic mass is 32.1. The molecule has 1 aliphatic carbocycles. The zero-order valence-electron chi connectivity index (χ0n) is 17.1. The molecule has 1 aromatic heterocycles. The lowest BCUT2D eigenvalue weighted by Crippen LogP contribution is -2.19. The molecule has 154 valence electrons. The minimum Gasteiger partial charge on any atom is -0.497 e. The number of hydrogen-bond donors (Lipinski definition) is 2. The normalized spacial score (nSPS) is 12.7. The van der Waals surface area contributed by atoms with Crippen LogP contribution in [0.5, 0.6) is 5.75 Å². The summed E-state index contributed by atoms with van der Waals surface area (Å²) in [5.41, 5.74) is 3.82. The van der Waals surface area contributed by atoms with E-state index in [1.54, 1.807) is 19.2 Å². The van der Waals surface area contributed by atoms with Crippen molar-refractivity contribution in [2.45, 2.75) is 32.6 Å². The molecule has 6 heteroatoms. The van der Waals surface area contributed by atoms with Gasteiger partial charge in [0.05, 0.1) is 12.7 Å². The Balaban J connectivity index is 1.66. The third-order valence-electron chi connectivity index (χ3n) is 5.34. The summed E-state index contributed by atoms with van der Waals surface area (Å²) in [5, 5.41) is 6.60. The van der Waals surface area contributed by atoms with E-state index in [1.165, 1.54) is 16.2 Å². The maximum atomic E-state index is 13.3. The van der Waals surface area contributed by atoms with E-state index < -0.39 is 0 Å². The third kappa shape index (κ3) is 4.09. The first-order chi connectivity index (χ1) is 14.6. The van der Waals surface area contributed by atoms with Gasteiger partial charge in [-0.25, -0.2) is 0 Å². The number of ether oxygens (including phenoxy) is 1. The number of amides is 2. The fraction of sp³-hybridized carbons (Fsp3) is 0.250. The molecule has 0 radical (unpaired) electrons. The minimum atomic E-state index is -0.206. The van der Waals surface area contributed by atoms with E-state index in [4.69, 9.17) is 4.74 Å². The standard InChI is InChI=1S/C24H24N2O3S/c1-15-8-3-4-11-18(15)22(27)26-24-21(19-12-5-6-13-20(19)30-24)23(28)25-16-9-7-10-17(14-16)29-2/h3-4,7-11,14H,5-6,12-13H2,1-2H3,(H,25,28)(H,26,27). The lowest BCUT2D eigenvalue weighted by atomic mass is 9.95. The second kappa shape index (κ2) is 8.71. The Morgan fingerprint density at radius 3 is 2.57 bits per heavy atom. The maximum Gasteiger partial charge on any atom is 0.258 e. The predicted molar refractivity (Wildman–Crippen MR) is 121 cm³/mol. The Hall–Kier alpha value is -3.12. The summed E-state index contributed by atoms with van der Waals surface area (Å²) in [6.45, 7) is 1.91. The van der Waals surface area contributed by atoms with Crippen LogP contribution >= 0.6 is 11.3 Å². The van der Waals surface area contributed by atoms with Crippen LogP contribution in [0.15, 0.2) is 48.5 Å². The first kappa shape index (κ1) is 20.2. The molecule has 2 N–H and O–H groups in total. The van der Waals surface area contributed by atoms with Crippen LogP contribution in [0.4, 0.5) is 10.7 Å². The number of benzene rings is 2. The smallest absolute Gasteiger partial charge is 0.258 e. The van der Waals surface area contributed by atoms with E-state index in [-0.39, 0.29) is 11.8 Å². The van der Waals surface area contributed by atoms with Crippen molar-refractivity contribution in [2.75, 3.05) is 17.7 Å². The molecule has 2 aromatic carbocycles. The van der Waals surface area contributed by atoms with E-state index in [2.05, 4.69) is 10.6 Å². The highest BCUT2D eigenvalue weighted by molar-refractivity contribution is 7.17. The molecule has 1 heterocycles. The number of nitrogens with one attached hydrogen (secondary N) is 2. The number of thiophene rings is 1. The molecular formula is C24H24N2O3S. The third-order valence-corrected chi connectivity index (χ3v) is 6.55. The average molecular weight is 421 g/mol. The van der Waals surface area contributed by atoms with Gasteiger partial charge in [-0.15, -0.1) is 11.3 Å². The van der Waals surface area contributed by atoms with E-state index in [1.807, 2.05) is 43.3 Å². The van der Waals surface area contributed by atoms with Crippen LogP contribution in [0.2, 0.25) is 0 Å². The van der Waals surface area contributed by atoms with Crippen molar-refractivity contribution < 1.29 is 14.3 Å². The van der Waals surface area contributed by atoms with Gasteiger partial charge in [0.1, 0.15) is 10.8 Å². The molecule has 4 rings (SSSR count). The number of methoxy groups -OCH3 is 1. The number of rotatable bonds is 5. The highest BCUT2D eigenvalue weighted by Gasteiger charge is 2.27. The van der Waals surface area contributed by atoms with Crippen LogP contribution in [-0.2, 0) is 12.8 Å². The second-order valence-electron chi connectivity index (χ2n) is 7.37. The van der Waals surface area contributed by atoms with Gasteiger partial charge in [0.15, 0.2) is 0 Å². The van der Waals surface area contributed by atoms with E-state index in [0.29, 0.717) is 27.6 Å². The van der Waals surface area contributed by atoms with Gasteiger partial charge in [-0.1, -0.05) is 24.3 Å². The van der Waals surface area contributed by atoms with Crippen LogP contribution in [0.1, 0.15) is 49.6 Å². The van der Waals surface area contributed by atoms with E-state index in [9.17, 15) is 9.59 Å². The zero-order chi connectivity index (χ0) is 21.1. The Morgan fingerprint density at radius 2 is 1.77 bits per heavy atom. The van der Waals surface area contributed by atoms with Crippen LogP contribution in [-0.4, -0.2) is 18.9 Å². The van der Waals surface area contributed by atoms with Gasteiger partial charge in [-0.2, -0.15) is 0 Å². The molecule has 0 unspecified atom stereocenters. The van der Waals surface area contributed by atoms with Gasteiger partial charge < -0.3 is 15.4 Å². The van der Waals surface area contributed by atoms with Gasteiger partial charge >= 0.3 is 0 Å². The quantitative estimate of drug-likeness (QED) is 0.577. The molecule has 2 amide bonds. The molecular weight excluding hydrogens is 396 g/mol. The Bertz CT molecular complexity index is 1100. The van der Waals surface area contributed by atoms with E-state index in [0.717, 1.165) is 36.8 Å². The number of aryl methyl sites for hydroxylation is 2.